The number of ether oxygens (including phenoxy) is 1. The fourth-order valence-electron chi connectivity index (χ4n) is 1.19. The first-order valence-electron chi connectivity index (χ1n) is 4.96. The summed E-state index contributed by atoms with van der Waals surface area (Å²) in [6, 6.07) is 0. The molecule has 1 fully saturated rings. The molecule has 76 valence electrons. The van der Waals surface area contributed by atoms with Crippen LogP contribution in [-0.4, -0.2) is 19.5 Å². The van der Waals surface area contributed by atoms with E-state index >= 15 is 0 Å². The quantitative estimate of drug-likeness (QED) is 0.375. The maximum absolute atomic E-state index is 5.06. The van der Waals surface area contributed by atoms with Gasteiger partial charge in [0.15, 0.2) is 6.79 Å². The van der Waals surface area contributed by atoms with Gasteiger partial charge in [-0.3, -0.25) is 0 Å². The van der Waals surface area contributed by atoms with Gasteiger partial charge in [-0.2, -0.15) is 0 Å². The fraction of sp³-hybridized carbons (Fsp3) is 0.800. The zero-order chi connectivity index (χ0) is 9.36. The molecule has 0 radical (unpaired) electrons. The number of hydrogen-bond donors (Lipinski definition) is 0. The van der Waals surface area contributed by atoms with Gasteiger partial charge in [-0.15, -0.1) is 0 Å². The minimum atomic E-state index is -0.0182. The highest BCUT2D eigenvalue weighted by Gasteiger charge is 2.11. The first kappa shape index (κ1) is 10.7. The summed E-state index contributed by atoms with van der Waals surface area (Å²) >= 11 is 0. The van der Waals surface area contributed by atoms with Gasteiger partial charge in [0.05, 0.1) is 6.61 Å². The first-order chi connectivity index (χ1) is 6.43. The molecule has 1 saturated heterocycles. The molecule has 13 heavy (non-hydrogen) atoms. The molecule has 0 saturated carbocycles. The summed E-state index contributed by atoms with van der Waals surface area (Å²) in [5, 5.41) is 0. The standard InChI is InChI=1S/C10H18O3/c1-2-3-4-5-6-7-10-8-11-9-12-13-10/h6-7,10H,2-5,8-9H2,1H3. The third-order valence-corrected chi connectivity index (χ3v) is 1.93. The van der Waals surface area contributed by atoms with Crippen molar-refractivity contribution in [3.05, 3.63) is 12.2 Å². The summed E-state index contributed by atoms with van der Waals surface area (Å²) in [5.41, 5.74) is 0. The molecular weight excluding hydrogens is 168 g/mol. The number of rotatable bonds is 5. The lowest BCUT2D eigenvalue weighted by atomic mass is 10.2. The Bertz CT molecular complexity index is 139. The monoisotopic (exact) mass is 186 g/mol. The van der Waals surface area contributed by atoms with E-state index in [1.165, 1.54) is 19.3 Å². The van der Waals surface area contributed by atoms with Crippen LogP contribution >= 0.6 is 0 Å². The third-order valence-electron chi connectivity index (χ3n) is 1.93. The van der Waals surface area contributed by atoms with Crippen LogP contribution in [0.1, 0.15) is 32.6 Å². The van der Waals surface area contributed by atoms with Gasteiger partial charge in [-0.05, 0) is 12.8 Å². The highest BCUT2D eigenvalue weighted by Crippen LogP contribution is 2.05. The molecule has 1 aliphatic rings. The van der Waals surface area contributed by atoms with E-state index in [-0.39, 0.29) is 12.9 Å². The van der Waals surface area contributed by atoms with Gasteiger partial charge in [0.1, 0.15) is 6.10 Å². The predicted octanol–water partition coefficient (Wildman–Crippen LogP) is 2.43. The van der Waals surface area contributed by atoms with E-state index in [4.69, 9.17) is 9.62 Å². The summed E-state index contributed by atoms with van der Waals surface area (Å²) in [6.45, 7) is 3.06. The minimum absolute atomic E-state index is 0.0182. The molecule has 1 heterocycles. The summed E-state index contributed by atoms with van der Waals surface area (Å²) in [4.78, 5) is 9.66. The second-order valence-electron chi connectivity index (χ2n) is 3.17. The Labute approximate surface area is 79.6 Å². The van der Waals surface area contributed by atoms with Crippen LogP contribution < -0.4 is 0 Å². The van der Waals surface area contributed by atoms with E-state index in [2.05, 4.69) is 17.9 Å². The molecular formula is C10H18O3. The van der Waals surface area contributed by atoms with Gasteiger partial charge in [0.2, 0.25) is 0 Å². The van der Waals surface area contributed by atoms with Crippen molar-refractivity contribution in [3.8, 4) is 0 Å². The zero-order valence-corrected chi connectivity index (χ0v) is 8.20. The Balaban J connectivity index is 2.01. The predicted molar refractivity (Wildman–Crippen MR) is 50.1 cm³/mol. The van der Waals surface area contributed by atoms with Crippen LogP contribution in [0.2, 0.25) is 0 Å². The molecule has 1 unspecified atom stereocenters. The van der Waals surface area contributed by atoms with Crippen molar-refractivity contribution >= 4 is 0 Å². The Morgan fingerprint density at radius 2 is 2.31 bits per heavy atom. The zero-order valence-electron chi connectivity index (χ0n) is 8.20. The topological polar surface area (TPSA) is 27.7 Å². The van der Waals surface area contributed by atoms with Crippen LogP contribution in [0.4, 0.5) is 0 Å². The van der Waals surface area contributed by atoms with E-state index < -0.39 is 0 Å². The average molecular weight is 186 g/mol. The Kier molecular flexibility index (Phi) is 5.81. The summed E-state index contributed by atoms with van der Waals surface area (Å²) in [7, 11) is 0. The minimum Gasteiger partial charge on any atom is -0.349 e. The Morgan fingerprint density at radius 1 is 1.38 bits per heavy atom. The van der Waals surface area contributed by atoms with Gasteiger partial charge < -0.3 is 4.74 Å². The molecule has 1 atom stereocenters. The number of allylic oxidation sites excluding steroid dienone is 1. The summed E-state index contributed by atoms with van der Waals surface area (Å²) in [5.74, 6) is 0. The van der Waals surface area contributed by atoms with Crippen LogP contribution in [-0.2, 0) is 14.5 Å². The van der Waals surface area contributed by atoms with Crippen LogP contribution in [0.3, 0.4) is 0 Å². The molecule has 0 spiro atoms. The fourth-order valence-corrected chi connectivity index (χ4v) is 1.19. The summed E-state index contributed by atoms with van der Waals surface area (Å²) in [6.07, 6.45) is 9.06. The van der Waals surface area contributed by atoms with Gasteiger partial charge in [-0.25, -0.2) is 9.78 Å². The highest BCUT2D eigenvalue weighted by molar-refractivity contribution is 4.89. The SMILES string of the molecule is CCCCCC=CC1COCOO1. The van der Waals surface area contributed by atoms with E-state index in [0.29, 0.717) is 6.61 Å². The second-order valence-corrected chi connectivity index (χ2v) is 3.17. The molecule has 3 nitrogen and oxygen atoms in total. The number of unbranched alkanes of at least 4 members (excludes halogenated alkanes) is 3. The largest absolute Gasteiger partial charge is 0.349 e. The van der Waals surface area contributed by atoms with E-state index in [0.717, 1.165) is 6.42 Å². The van der Waals surface area contributed by atoms with Crippen molar-refractivity contribution in [2.45, 2.75) is 38.7 Å². The highest BCUT2D eigenvalue weighted by atomic mass is 17.2. The second kappa shape index (κ2) is 7.06. The van der Waals surface area contributed by atoms with E-state index in [1.54, 1.807) is 0 Å². The van der Waals surface area contributed by atoms with Crippen LogP contribution in [0.15, 0.2) is 12.2 Å². The normalized spacial score (nSPS) is 23.9. The van der Waals surface area contributed by atoms with Gasteiger partial charge in [-0.1, -0.05) is 31.9 Å². The molecule has 0 N–H and O–H groups in total. The van der Waals surface area contributed by atoms with Crippen molar-refractivity contribution in [2.75, 3.05) is 13.4 Å². The maximum Gasteiger partial charge on any atom is 0.180 e. The van der Waals surface area contributed by atoms with Gasteiger partial charge in [0.25, 0.3) is 0 Å². The molecule has 0 amide bonds. The van der Waals surface area contributed by atoms with Gasteiger partial charge >= 0.3 is 0 Å². The average Bonchev–Trinajstić information content (AvgIpc) is 2.19. The molecule has 1 rings (SSSR count). The van der Waals surface area contributed by atoms with Crippen molar-refractivity contribution < 1.29 is 14.5 Å². The Morgan fingerprint density at radius 3 is 3.00 bits per heavy atom. The lowest BCUT2D eigenvalue weighted by molar-refractivity contribution is -0.392. The van der Waals surface area contributed by atoms with Crippen LogP contribution in [0.5, 0.6) is 0 Å². The Hall–Kier alpha value is -0.380. The molecule has 0 aromatic heterocycles. The lowest BCUT2D eigenvalue weighted by Gasteiger charge is -2.18. The van der Waals surface area contributed by atoms with Crippen molar-refractivity contribution in [1.82, 2.24) is 0 Å². The van der Waals surface area contributed by atoms with Crippen molar-refractivity contribution in [3.63, 3.8) is 0 Å². The molecule has 0 bridgehead atoms. The van der Waals surface area contributed by atoms with Crippen LogP contribution in [0.25, 0.3) is 0 Å². The third kappa shape index (κ3) is 5.03. The molecule has 0 aromatic carbocycles. The first-order valence-corrected chi connectivity index (χ1v) is 4.96. The molecule has 0 aliphatic carbocycles. The molecule has 3 heteroatoms. The lowest BCUT2D eigenvalue weighted by Crippen LogP contribution is -2.24. The number of hydrogen-bond acceptors (Lipinski definition) is 3. The molecule has 1 aliphatic heterocycles. The van der Waals surface area contributed by atoms with Crippen molar-refractivity contribution in [1.29, 1.82) is 0 Å². The maximum atomic E-state index is 5.06. The molecule has 0 aromatic rings. The smallest absolute Gasteiger partial charge is 0.180 e. The van der Waals surface area contributed by atoms with Gasteiger partial charge in [0, 0.05) is 0 Å². The van der Waals surface area contributed by atoms with Crippen molar-refractivity contribution in [2.24, 2.45) is 0 Å². The van der Waals surface area contributed by atoms with E-state index in [1.807, 2.05) is 6.08 Å². The summed E-state index contributed by atoms with van der Waals surface area (Å²) < 4.78 is 5.06. The van der Waals surface area contributed by atoms with Crippen LogP contribution in [0, 0.1) is 0 Å². The van der Waals surface area contributed by atoms with E-state index in [9.17, 15) is 0 Å².